The van der Waals surface area contributed by atoms with Crippen molar-refractivity contribution in [2.45, 2.75) is 76.6 Å². The molecule has 34 heavy (non-hydrogen) atoms. The molecule has 2 aromatic rings. The van der Waals surface area contributed by atoms with Crippen molar-refractivity contribution in [3.63, 3.8) is 0 Å². The first-order valence-electron chi connectivity index (χ1n) is 12.1. The molecule has 2 unspecified atom stereocenters. The van der Waals surface area contributed by atoms with Gasteiger partial charge in [0.05, 0.1) is 0 Å². The molecule has 5 heteroatoms. The highest BCUT2D eigenvalue weighted by Crippen LogP contribution is 2.47. The monoisotopic (exact) mass is 476 g/mol. The van der Waals surface area contributed by atoms with Crippen LogP contribution < -0.4 is 0 Å². The molecule has 0 aliphatic heterocycles. The van der Waals surface area contributed by atoms with Crippen LogP contribution in [-0.4, -0.2) is 5.92 Å². The van der Waals surface area contributed by atoms with Crippen molar-refractivity contribution < 1.29 is 22.0 Å². The summed E-state index contributed by atoms with van der Waals surface area (Å²) >= 11 is 0. The Hall–Kier alpha value is -2.43. The summed E-state index contributed by atoms with van der Waals surface area (Å²) in [7, 11) is 0. The maximum absolute atomic E-state index is 14.8. The van der Waals surface area contributed by atoms with Crippen molar-refractivity contribution >= 4 is 0 Å². The van der Waals surface area contributed by atoms with Crippen LogP contribution in [0.5, 0.6) is 0 Å². The van der Waals surface area contributed by atoms with E-state index in [1.807, 2.05) is 13.0 Å². The SMILES string of the molecule is C=CCCc1ccc(C/C=C\Cc2ccc(C3CCC(CCC)C(F)(F)C3)c(F)c2F)cc1F. The molecule has 2 aromatic carbocycles. The third-order valence-corrected chi connectivity index (χ3v) is 6.84. The fourth-order valence-electron chi connectivity index (χ4n) is 4.87. The third kappa shape index (κ3) is 6.37. The minimum absolute atomic E-state index is 0.0480. The van der Waals surface area contributed by atoms with E-state index < -0.39 is 35.8 Å². The average Bonchev–Trinajstić information content (AvgIpc) is 2.80. The Kier molecular flexibility index (Phi) is 9.10. The van der Waals surface area contributed by atoms with Crippen LogP contribution >= 0.6 is 0 Å². The summed E-state index contributed by atoms with van der Waals surface area (Å²) in [5.41, 5.74) is 1.65. The fourth-order valence-corrected chi connectivity index (χ4v) is 4.87. The van der Waals surface area contributed by atoms with Crippen molar-refractivity contribution in [1.29, 1.82) is 0 Å². The summed E-state index contributed by atoms with van der Waals surface area (Å²) in [6.07, 6.45) is 8.67. The number of rotatable bonds is 10. The Morgan fingerprint density at radius 2 is 1.71 bits per heavy atom. The van der Waals surface area contributed by atoms with Gasteiger partial charge in [-0.3, -0.25) is 0 Å². The predicted octanol–water partition coefficient (Wildman–Crippen LogP) is 8.88. The number of aryl methyl sites for hydroxylation is 1. The minimum atomic E-state index is -2.85. The average molecular weight is 477 g/mol. The quantitative estimate of drug-likeness (QED) is 0.237. The van der Waals surface area contributed by atoms with Crippen LogP contribution in [-0.2, 0) is 19.3 Å². The molecule has 1 aliphatic rings. The molecule has 0 radical (unpaired) electrons. The van der Waals surface area contributed by atoms with Gasteiger partial charge in [0.15, 0.2) is 11.6 Å². The Labute approximate surface area is 199 Å². The van der Waals surface area contributed by atoms with Gasteiger partial charge in [-0.05, 0) is 79.2 Å². The van der Waals surface area contributed by atoms with Crippen molar-refractivity contribution in [3.05, 3.63) is 94.8 Å². The minimum Gasteiger partial charge on any atom is -0.207 e. The summed E-state index contributed by atoms with van der Waals surface area (Å²) < 4.78 is 72.6. The normalized spacial score (nSPS) is 20.1. The lowest BCUT2D eigenvalue weighted by atomic mass is 9.74. The number of hydrogen-bond donors (Lipinski definition) is 0. The zero-order chi connectivity index (χ0) is 24.7. The highest BCUT2D eigenvalue weighted by atomic mass is 19.3. The van der Waals surface area contributed by atoms with Gasteiger partial charge in [-0.25, -0.2) is 22.0 Å². The van der Waals surface area contributed by atoms with Gasteiger partial charge < -0.3 is 0 Å². The smallest absolute Gasteiger partial charge is 0.207 e. The van der Waals surface area contributed by atoms with E-state index in [0.717, 1.165) is 5.56 Å². The molecule has 0 nitrogen and oxygen atoms in total. The summed E-state index contributed by atoms with van der Waals surface area (Å²) in [5, 5.41) is 0. The molecule has 0 spiro atoms. The van der Waals surface area contributed by atoms with Crippen LogP contribution in [0.1, 0.15) is 73.6 Å². The van der Waals surface area contributed by atoms with E-state index in [1.54, 1.807) is 24.3 Å². The molecule has 0 amide bonds. The van der Waals surface area contributed by atoms with E-state index in [-0.39, 0.29) is 23.4 Å². The van der Waals surface area contributed by atoms with Crippen LogP contribution in [0.4, 0.5) is 22.0 Å². The number of alkyl halides is 2. The van der Waals surface area contributed by atoms with Crippen LogP contribution in [0.3, 0.4) is 0 Å². The highest BCUT2D eigenvalue weighted by Gasteiger charge is 2.45. The first-order valence-corrected chi connectivity index (χ1v) is 12.1. The third-order valence-electron chi connectivity index (χ3n) is 6.84. The highest BCUT2D eigenvalue weighted by molar-refractivity contribution is 5.31. The number of hydrogen-bond acceptors (Lipinski definition) is 0. The van der Waals surface area contributed by atoms with Gasteiger partial charge in [0.1, 0.15) is 5.82 Å². The van der Waals surface area contributed by atoms with E-state index in [2.05, 4.69) is 6.58 Å². The molecule has 3 rings (SSSR count). The number of halogens is 5. The second kappa shape index (κ2) is 11.8. The second-order valence-corrected chi connectivity index (χ2v) is 9.30. The molecule has 1 fully saturated rings. The summed E-state index contributed by atoms with van der Waals surface area (Å²) in [4.78, 5) is 0. The Bertz CT molecular complexity index is 1010. The molecule has 2 atom stereocenters. The zero-order valence-corrected chi connectivity index (χ0v) is 19.7. The molecule has 0 aromatic heterocycles. The van der Waals surface area contributed by atoms with Crippen molar-refractivity contribution in [2.24, 2.45) is 5.92 Å². The van der Waals surface area contributed by atoms with Gasteiger partial charge in [0.25, 0.3) is 5.92 Å². The fraction of sp³-hybridized carbons (Fsp3) is 0.448. The van der Waals surface area contributed by atoms with Gasteiger partial charge >= 0.3 is 0 Å². The maximum atomic E-state index is 14.8. The molecule has 1 aliphatic carbocycles. The maximum Gasteiger partial charge on any atom is 0.251 e. The lowest BCUT2D eigenvalue weighted by Crippen LogP contribution is -2.35. The first-order chi connectivity index (χ1) is 16.3. The molecule has 0 heterocycles. The molecule has 1 saturated carbocycles. The zero-order valence-electron chi connectivity index (χ0n) is 19.7. The second-order valence-electron chi connectivity index (χ2n) is 9.30. The largest absolute Gasteiger partial charge is 0.251 e. The van der Waals surface area contributed by atoms with Gasteiger partial charge in [-0.1, -0.05) is 55.8 Å². The predicted molar refractivity (Wildman–Crippen MR) is 128 cm³/mol. The Morgan fingerprint density at radius 3 is 2.38 bits per heavy atom. The topological polar surface area (TPSA) is 0 Å². The van der Waals surface area contributed by atoms with E-state index in [9.17, 15) is 22.0 Å². The van der Waals surface area contributed by atoms with Crippen molar-refractivity contribution in [3.8, 4) is 0 Å². The lowest BCUT2D eigenvalue weighted by Gasteiger charge is -2.36. The summed E-state index contributed by atoms with van der Waals surface area (Å²) in [6.45, 7) is 5.52. The number of allylic oxidation sites excluding steroid dienone is 3. The van der Waals surface area contributed by atoms with Crippen LogP contribution in [0.2, 0.25) is 0 Å². The van der Waals surface area contributed by atoms with E-state index in [1.165, 1.54) is 18.2 Å². The number of benzene rings is 2. The molecule has 0 saturated heterocycles. The van der Waals surface area contributed by atoms with E-state index in [4.69, 9.17) is 0 Å². The standard InChI is InChI=1S/C29H33F5/c1-3-5-10-21-13-12-20(18-26(21)30)9-6-7-11-22-15-17-25(28(32)27(22)31)23-14-16-24(8-4-2)29(33,34)19-23/h3,6-7,12-13,15,17-18,23-24H,1,4-5,8-11,14,16,19H2,2H3/b7-6-. The summed E-state index contributed by atoms with van der Waals surface area (Å²) in [5.74, 6) is -6.45. The van der Waals surface area contributed by atoms with Crippen LogP contribution in [0, 0.1) is 23.4 Å². The van der Waals surface area contributed by atoms with Crippen LogP contribution in [0.25, 0.3) is 0 Å². The molecule has 0 bridgehead atoms. The van der Waals surface area contributed by atoms with Crippen molar-refractivity contribution in [2.75, 3.05) is 0 Å². The molecular weight excluding hydrogens is 443 g/mol. The van der Waals surface area contributed by atoms with Gasteiger partial charge in [-0.2, -0.15) is 0 Å². The summed E-state index contributed by atoms with van der Waals surface area (Å²) in [6, 6.07) is 8.05. The lowest BCUT2D eigenvalue weighted by molar-refractivity contribution is -0.0948. The molecule has 184 valence electrons. The van der Waals surface area contributed by atoms with Gasteiger partial charge in [-0.15, -0.1) is 6.58 Å². The molecular formula is C29H33F5. The first kappa shape index (κ1) is 26.2. The van der Waals surface area contributed by atoms with E-state index >= 15 is 0 Å². The van der Waals surface area contributed by atoms with Crippen LogP contribution in [0.15, 0.2) is 55.1 Å². The van der Waals surface area contributed by atoms with Gasteiger partial charge in [0, 0.05) is 12.3 Å². The van der Waals surface area contributed by atoms with Gasteiger partial charge in [0.2, 0.25) is 0 Å². The molecule has 0 N–H and O–H groups in total. The Morgan fingerprint density at radius 1 is 0.971 bits per heavy atom. The Balaban J connectivity index is 1.62. The van der Waals surface area contributed by atoms with E-state index in [0.29, 0.717) is 50.5 Å². The van der Waals surface area contributed by atoms with Crippen molar-refractivity contribution in [1.82, 2.24) is 0 Å².